The fourth-order valence-corrected chi connectivity index (χ4v) is 2.11. The van der Waals surface area contributed by atoms with Gasteiger partial charge >= 0.3 is 0 Å². The number of hydrogen-bond donors (Lipinski definition) is 1. The molecule has 0 bridgehead atoms. The van der Waals surface area contributed by atoms with Gasteiger partial charge in [0.2, 0.25) is 0 Å². The summed E-state index contributed by atoms with van der Waals surface area (Å²) in [5.41, 5.74) is 2.08. The van der Waals surface area contributed by atoms with Gasteiger partial charge in [-0.05, 0) is 24.6 Å². The summed E-state index contributed by atoms with van der Waals surface area (Å²) < 4.78 is 0. The lowest BCUT2D eigenvalue weighted by atomic mass is 10.0. The molecule has 1 heterocycles. The highest BCUT2D eigenvalue weighted by Gasteiger charge is 2.16. The molecule has 0 fully saturated rings. The minimum Gasteiger partial charge on any atom is -0.306 e. The predicted octanol–water partition coefficient (Wildman–Crippen LogP) is 3.22. The first-order valence-corrected chi connectivity index (χ1v) is 6.43. The molecule has 2 rings (SSSR count). The van der Waals surface area contributed by atoms with E-state index >= 15 is 0 Å². The molecule has 0 aliphatic heterocycles. The second-order valence-corrected chi connectivity index (χ2v) is 4.49. The van der Waals surface area contributed by atoms with Crippen LogP contribution in [0.4, 0.5) is 0 Å². The maximum atomic E-state index is 6.27. The van der Waals surface area contributed by atoms with Crippen LogP contribution in [-0.2, 0) is 0 Å². The Hall–Kier alpha value is -1.45. The fourth-order valence-electron chi connectivity index (χ4n) is 1.86. The van der Waals surface area contributed by atoms with E-state index in [1.807, 2.05) is 36.7 Å². The number of halogens is 1. The molecule has 1 aromatic carbocycles. The third-order valence-electron chi connectivity index (χ3n) is 2.73. The summed E-state index contributed by atoms with van der Waals surface area (Å²) in [5.74, 6) is 0. The van der Waals surface area contributed by atoms with Crippen LogP contribution < -0.4 is 5.32 Å². The van der Waals surface area contributed by atoms with Gasteiger partial charge in [-0.25, -0.2) is 9.97 Å². The third-order valence-corrected chi connectivity index (χ3v) is 3.07. The van der Waals surface area contributed by atoms with Gasteiger partial charge in [0, 0.05) is 23.0 Å². The zero-order chi connectivity index (χ0) is 12.8. The van der Waals surface area contributed by atoms with Crippen molar-refractivity contribution in [3.63, 3.8) is 0 Å². The largest absolute Gasteiger partial charge is 0.306 e. The first-order chi connectivity index (χ1) is 8.83. The average Bonchev–Trinajstić information content (AvgIpc) is 2.42. The molecular formula is C14H16ClN3. The van der Waals surface area contributed by atoms with E-state index in [2.05, 4.69) is 22.2 Å². The Balaban J connectivity index is 2.34. The Morgan fingerprint density at radius 1 is 1.22 bits per heavy atom. The molecule has 1 atom stereocenters. The first kappa shape index (κ1) is 13.0. The molecule has 0 aliphatic rings. The van der Waals surface area contributed by atoms with Crippen molar-refractivity contribution in [2.24, 2.45) is 0 Å². The van der Waals surface area contributed by atoms with Gasteiger partial charge in [-0.15, -0.1) is 0 Å². The summed E-state index contributed by atoms with van der Waals surface area (Å²) in [7, 11) is 0. The van der Waals surface area contributed by atoms with Crippen LogP contribution in [-0.4, -0.2) is 16.5 Å². The van der Waals surface area contributed by atoms with Gasteiger partial charge in [0.05, 0.1) is 6.04 Å². The molecule has 0 aliphatic carbocycles. The van der Waals surface area contributed by atoms with Crippen molar-refractivity contribution in [3.05, 3.63) is 59.1 Å². The summed E-state index contributed by atoms with van der Waals surface area (Å²) >= 11 is 6.27. The molecule has 0 saturated heterocycles. The van der Waals surface area contributed by atoms with Crippen LogP contribution in [0.2, 0.25) is 5.02 Å². The van der Waals surface area contributed by atoms with Gasteiger partial charge in [0.25, 0.3) is 0 Å². The molecule has 1 N–H and O–H groups in total. The van der Waals surface area contributed by atoms with Crippen LogP contribution in [0.1, 0.15) is 30.5 Å². The normalized spacial score (nSPS) is 12.3. The standard InChI is InChI=1S/C14H16ClN3/c1-2-7-18-14(11-8-16-10-17-9-11)12-5-3-4-6-13(12)15/h3-6,8-10,14,18H,2,7H2,1H3. The number of nitrogens with one attached hydrogen (secondary N) is 1. The summed E-state index contributed by atoms with van der Waals surface area (Å²) in [6.07, 6.45) is 6.24. The van der Waals surface area contributed by atoms with Crippen molar-refractivity contribution in [2.75, 3.05) is 6.54 Å². The van der Waals surface area contributed by atoms with Crippen molar-refractivity contribution in [1.29, 1.82) is 0 Å². The second-order valence-electron chi connectivity index (χ2n) is 4.08. The molecule has 0 amide bonds. The minimum absolute atomic E-state index is 0.0415. The Bertz CT molecular complexity index is 487. The number of hydrogen-bond acceptors (Lipinski definition) is 3. The smallest absolute Gasteiger partial charge is 0.115 e. The number of nitrogens with zero attached hydrogens (tertiary/aromatic N) is 2. The molecule has 3 nitrogen and oxygen atoms in total. The van der Waals surface area contributed by atoms with Crippen LogP contribution in [0, 0.1) is 0 Å². The molecule has 18 heavy (non-hydrogen) atoms. The van der Waals surface area contributed by atoms with Crippen molar-refractivity contribution in [3.8, 4) is 0 Å². The third kappa shape index (κ3) is 3.06. The minimum atomic E-state index is 0.0415. The van der Waals surface area contributed by atoms with Gasteiger partial charge in [-0.3, -0.25) is 0 Å². The van der Waals surface area contributed by atoms with Crippen LogP contribution in [0.25, 0.3) is 0 Å². The Morgan fingerprint density at radius 3 is 2.61 bits per heavy atom. The zero-order valence-electron chi connectivity index (χ0n) is 10.3. The molecule has 4 heteroatoms. The Labute approximate surface area is 112 Å². The van der Waals surface area contributed by atoms with Crippen LogP contribution in [0.15, 0.2) is 43.0 Å². The number of benzene rings is 1. The highest BCUT2D eigenvalue weighted by Crippen LogP contribution is 2.27. The molecule has 1 unspecified atom stereocenters. The molecule has 0 spiro atoms. The predicted molar refractivity (Wildman–Crippen MR) is 73.6 cm³/mol. The van der Waals surface area contributed by atoms with Gasteiger partial charge in [-0.1, -0.05) is 36.7 Å². The van der Waals surface area contributed by atoms with Gasteiger partial charge < -0.3 is 5.32 Å². The highest BCUT2D eigenvalue weighted by molar-refractivity contribution is 6.31. The molecule has 94 valence electrons. The molecule has 0 radical (unpaired) electrons. The molecule has 1 aromatic heterocycles. The SMILES string of the molecule is CCCNC(c1cncnc1)c1ccccc1Cl. The van der Waals surface area contributed by atoms with Crippen molar-refractivity contribution < 1.29 is 0 Å². The monoisotopic (exact) mass is 261 g/mol. The van der Waals surface area contributed by atoms with Crippen molar-refractivity contribution in [1.82, 2.24) is 15.3 Å². The van der Waals surface area contributed by atoms with E-state index in [1.165, 1.54) is 6.33 Å². The number of aromatic nitrogens is 2. The first-order valence-electron chi connectivity index (χ1n) is 6.05. The lowest BCUT2D eigenvalue weighted by molar-refractivity contribution is 0.595. The number of rotatable bonds is 5. The summed E-state index contributed by atoms with van der Waals surface area (Å²) in [5, 5.41) is 4.24. The van der Waals surface area contributed by atoms with E-state index in [1.54, 1.807) is 0 Å². The summed E-state index contributed by atoms with van der Waals surface area (Å²) in [4.78, 5) is 8.15. The maximum Gasteiger partial charge on any atom is 0.115 e. The van der Waals surface area contributed by atoms with E-state index < -0.39 is 0 Å². The van der Waals surface area contributed by atoms with E-state index in [4.69, 9.17) is 11.6 Å². The lowest BCUT2D eigenvalue weighted by Gasteiger charge is -2.19. The van der Waals surface area contributed by atoms with Gasteiger partial charge in [0.15, 0.2) is 0 Å². The topological polar surface area (TPSA) is 37.8 Å². The molecular weight excluding hydrogens is 246 g/mol. The Kier molecular flexibility index (Phi) is 4.67. The lowest BCUT2D eigenvalue weighted by Crippen LogP contribution is -2.23. The van der Waals surface area contributed by atoms with Crippen LogP contribution in [0.5, 0.6) is 0 Å². The van der Waals surface area contributed by atoms with Crippen molar-refractivity contribution in [2.45, 2.75) is 19.4 Å². The average molecular weight is 262 g/mol. The van der Waals surface area contributed by atoms with E-state index in [9.17, 15) is 0 Å². The zero-order valence-corrected chi connectivity index (χ0v) is 11.1. The van der Waals surface area contributed by atoms with E-state index in [0.29, 0.717) is 0 Å². The van der Waals surface area contributed by atoms with Crippen LogP contribution in [0.3, 0.4) is 0 Å². The maximum absolute atomic E-state index is 6.27. The van der Waals surface area contributed by atoms with Crippen molar-refractivity contribution >= 4 is 11.6 Å². The van der Waals surface area contributed by atoms with Gasteiger partial charge in [0.1, 0.15) is 6.33 Å². The molecule has 2 aromatic rings. The second kappa shape index (κ2) is 6.47. The summed E-state index contributed by atoms with van der Waals surface area (Å²) in [6, 6.07) is 7.90. The quantitative estimate of drug-likeness (QED) is 0.898. The summed E-state index contributed by atoms with van der Waals surface area (Å²) in [6.45, 7) is 3.06. The Morgan fingerprint density at radius 2 is 1.94 bits per heavy atom. The van der Waals surface area contributed by atoms with Gasteiger partial charge in [-0.2, -0.15) is 0 Å². The fraction of sp³-hybridized carbons (Fsp3) is 0.286. The van der Waals surface area contributed by atoms with Crippen LogP contribution >= 0.6 is 11.6 Å². The molecule has 0 saturated carbocycles. The van der Waals surface area contributed by atoms with E-state index in [0.717, 1.165) is 29.1 Å². The highest BCUT2D eigenvalue weighted by atomic mass is 35.5. The van der Waals surface area contributed by atoms with E-state index in [-0.39, 0.29) is 6.04 Å².